The Morgan fingerprint density at radius 1 is 1.43 bits per heavy atom. The van der Waals surface area contributed by atoms with Gasteiger partial charge in [-0.05, 0) is 31.9 Å². The fourth-order valence-corrected chi connectivity index (χ4v) is 1.67. The summed E-state index contributed by atoms with van der Waals surface area (Å²) in [7, 11) is 0. The average Bonchev–Trinajstić information content (AvgIpc) is 2.15. The standard InChI is InChI=1S/C11H14ClNO/c1-7-4-5-10(8(2)6-7)11(12)9(3)13-14/h4-6,11,14H,1-3H3. The van der Waals surface area contributed by atoms with Crippen molar-refractivity contribution in [3.8, 4) is 0 Å². The number of nitrogens with zero attached hydrogens (tertiary/aromatic N) is 1. The van der Waals surface area contributed by atoms with Crippen LogP contribution in [-0.4, -0.2) is 10.9 Å². The molecule has 0 bridgehead atoms. The lowest BCUT2D eigenvalue weighted by Gasteiger charge is -2.11. The molecule has 0 spiro atoms. The van der Waals surface area contributed by atoms with E-state index in [9.17, 15) is 0 Å². The Hall–Kier alpha value is -1.02. The van der Waals surface area contributed by atoms with Gasteiger partial charge in [-0.3, -0.25) is 0 Å². The molecule has 0 aliphatic rings. The Morgan fingerprint density at radius 3 is 2.57 bits per heavy atom. The van der Waals surface area contributed by atoms with Crippen molar-refractivity contribution in [2.75, 3.05) is 0 Å². The van der Waals surface area contributed by atoms with Crippen LogP contribution >= 0.6 is 11.6 Å². The minimum atomic E-state index is -0.347. The molecular formula is C11H14ClNO. The molecule has 1 unspecified atom stereocenters. The molecule has 1 aromatic carbocycles. The quantitative estimate of drug-likeness (QED) is 0.346. The maximum Gasteiger partial charge on any atom is 0.1000 e. The van der Waals surface area contributed by atoms with E-state index in [4.69, 9.17) is 16.8 Å². The average molecular weight is 212 g/mol. The van der Waals surface area contributed by atoms with Gasteiger partial charge < -0.3 is 5.21 Å². The van der Waals surface area contributed by atoms with Crippen molar-refractivity contribution in [1.82, 2.24) is 0 Å². The van der Waals surface area contributed by atoms with Crippen molar-refractivity contribution in [3.63, 3.8) is 0 Å². The normalized spacial score (nSPS) is 14.1. The van der Waals surface area contributed by atoms with E-state index in [1.807, 2.05) is 26.0 Å². The zero-order chi connectivity index (χ0) is 10.7. The highest BCUT2D eigenvalue weighted by Crippen LogP contribution is 2.25. The lowest BCUT2D eigenvalue weighted by molar-refractivity contribution is 0.317. The summed E-state index contributed by atoms with van der Waals surface area (Å²) >= 11 is 6.12. The molecule has 0 aromatic heterocycles. The summed E-state index contributed by atoms with van der Waals surface area (Å²) in [6.07, 6.45) is 0. The Labute approximate surface area is 89.2 Å². The number of halogens is 1. The van der Waals surface area contributed by atoms with Crippen LogP contribution in [0.4, 0.5) is 0 Å². The van der Waals surface area contributed by atoms with E-state index in [0.717, 1.165) is 11.1 Å². The molecule has 14 heavy (non-hydrogen) atoms. The molecule has 1 rings (SSSR count). The second-order valence-electron chi connectivity index (χ2n) is 3.46. The minimum absolute atomic E-state index is 0.347. The van der Waals surface area contributed by atoms with Gasteiger partial charge in [0.2, 0.25) is 0 Å². The van der Waals surface area contributed by atoms with Crippen LogP contribution in [0.25, 0.3) is 0 Å². The summed E-state index contributed by atoms with van der Waals surface area (Å²) in [5.41, 5.74) is 3.83. The van der Waals surface area contributed by atoms with Gasteiger partial charge in [-0.15, -0.1) is 11.6 Å². The number of aryl methyl sites for hydroxylation is 2. The molecule has 2 nitrogen and oxygen atoms in total. The van der Waals surface area contributed by atoms with Gasteiger partial charge in [-0.1, -0.05) is 28.9 Å². The van der Waals surface area contributed by atoms with Crippen LogP contribution in [0.3, 0.4) is 0 Å². The van der Waals surface area contributed by atoms with Crippen molar-refractivity contribution >= 4 is 17.3 Å². The third-order valence-electron chi connectivity index (χ3n) is 2.22. The lowest BCUT2D eigenvalue weighted by Crippen LogP contribution is -2.04. The second-order valence-corrected chi connectivity index (χ2v) is 3.90. The van der Waals surface area contributed by atoms with Gasteiger partial charge in [0.1, 0.15) is 0 Å². The van der Waals surface area contributed by atoms with Gasteiger partial charge in [-0.25, -0.2) is 0 Å². The molecule has 1 atom stereocenters. The van der Waals surface area contributed by atoms with Crippen LogP contribution in [0.5, 0.6) is 0 Å². The molecular weight excluding hydrogens is 198 g/mol. The first-order valence-electron chi connectivity index (χ1n) is 4.46. The second kappa shape index (κ2) is 4.47. The van der Waals surface area contributed by atoms with Crippen LogP contribution in [0.15, 0.2) is 23.4 Å². The largest absolute Gasteiger partial charge is 0.411 e. The first kappa shape index (κ1) is 11.1. The van der Waals surface area contributed by atoms with E-state index < -0.39 is 0 Å². The number of rotatable bonds is 2. The fourth-order valence-electron chi connectivity index (χ4n) is 1.39. The Morgan fingerprint density at radius 2 is 2.07 bits per heavy atom. The first-order valence-corrected chi connectivity index (χ1v) is 4.89. The van der Waals surface area contributed by atoms with Crippen molar-refractivity contribution in [1.29, 1.82) is 0 Å². The topological polar surface area (TPSA) is 32.6 Å². The lowest BCUT2D eigenvalue weighted by atomic mass is 10.0. The van der Waals surface area contributed by atoms with E-state index in [2.05, 4.69) is 11.2 Å². The van der Waals surface area contributed by atoms with E-state index >= 15 is 0 Å². The molecule has 0 radical (unpaired) electrons. The van der Waals surface area contributed by atoms with Gasteiger partial charge in [0.15, 0.2) is 0 Å². The zero-order valence-electron chi connectivity index (χ0n) is 8.58. The summed E-state index contributed by atoms with van der Waals surface area (Å²) in [6, 6.07) is 6.04. The summed E-state index contributed by atoms with van der Waals surface area (Å²) in [6.45, 7) is 5.74. The molecule has 0 aliphatic carbocycles. The number of hydrogen-bond acceptors (Lipinski definition) is 2. The zero-order valence-corrected chi connectivity index (χ0v) is 9.34. The van der Waals surface area contributed by atoms with E-state index in [-0.39, 0.29) is 5.38 Å². The SMILES string of the molecule is CC(=NO)C(Cl)c1ccc(C)cc1C. The molecule has 0 fully saturated rings. The third-order valence-corrected chi connectivity index (χ3v) is 2.77. The van der Waals surface area contributed by atoms with Crippen LogP contribution < -0.4 is 0 Å². The predicted octanol–water partition coefficient (Wildman–Crippen LogP) is 3.43. The van der Waals surface area contributed by atoms with Crippen molar-refractivity contribution in [2.24, 2.45) is 5.16 Å². The maximum atomic E-state index is 8.62. The minimum Gasteiger partial charge on any atom is -0.411 e. The number of alkyl halides is 1. The highest BCUT2D eigenvalue weighted by molar-refractivity contribution is 6.31. The molecule has 1 N–H and O–H groups in total. The summed E-state index contributed by atoms with van der Waals surface area (Å²) in [5.74, 6) is 0. The van der Waals surface area contributed by atoms with Gasteiger partial charge >= 0.3 is 0 Å². The predicted molar refractivity (Wildman–Crippen MR) is 59.4 cm³/mol. The molecule has 3 heteroatoms. The van der Waals surface area contributed by atoms with Crippen LogP contribution in [0.2, 0.25) is 0 Å². The maximum absolute atomic E-state index is 8.62. The first-order chi connectivity index (χ1) is 6.56. The van der Waals surface area contributed by atoms with E-state index in [0.29, 0.717) is 5.71 Å². The molecule has 76 valence electrons. The number of hydrogen-bond donors (Lipinski definition) is 1. The molecule has 1 aromatic rings. The summed E-state index contributed by atoms with van der Waals surface area (Å²) < 4.78 is 0. The van der Waals surface area contributed by atoms with E-state index in [1.54, 1.807) is 6.92 Å². The fraction of sp³-hybridized carbons (Fsp3) is 0.364. The van der Waals surface area contributed by atoms with Gasteiger partial charge in [0.05, 0.1) is 11.1 Å². The van der Waals surface area contributed by atoms with Crippen LogP contribution in [-0.2, 0) is 0 Å². The van der Waals surface area contributed by atoms with E-state index in [1.165, 1.54) is 5.56 Å². The number of oxime groups is 1. The van der Waals surface area contributed by atoms with Crippen molar-refractivity contribution in [2.45, 2.75) is 26.1 Å². The Bertz CT molecular complexity index is 360. The van der Waals surface area contributed by atoms with Crippen LogP contribution in [0.1, 0.15) is 29.0 Å². The van der Waals surface area contributed by atoms with Crippen LogP contribution in [0, 0.1) is 13.8 Å². The molecule has 0 amide bonds. The molecule has 0 aliphatic heterocycles. The van der Waals surface area contributed by atoms with Crippen molar-refractivity contribution < 1.29 is 5.21 Å². The van der Waals surface area contributed by atoms with Gasteiger partial charge in [0.25, 0.3) is 0 Å². The Balaban J connectivity index is 3.07. The summed E-state index contributed by atoms with van der Waals surface area (Å²) in [4.78, 5) is 0. The summed E-state index contributed by atoms with van der Waals surface area (Å²) in [5, 5.41) is 11.4. The highest BCUT2D eigenvalue weighted by Gasteiger charge is 2.13. The third kappa shape index (κ3) is 2.26. The van der Waals surface area contributed by atoms with Crippen molar-refractivity contribution in [3.05, 3.63) is 34.9 Å². The molecule has 0 saturated heterocycles. The molecule has 0 saturated carbocycles. The smallest absolute Gasteiger partial charge is 0.1000 e. The highest BCUT2D eigenvalue weighted by atomic mass is 35.5. The monoisotopic (exact) mass is 211 g/mol. The number of benzene rings is 1. The van der Waals surface area contributed by atoms with Gasteiger partial charge in [0, 0.05) is 0 Å². The Kier molecular flexibility index (Phi) is 3.53. The molecule has 0 heterocycles. The van der Waals surface area contributed by atoms with Gasteiger partial charge in [-0.2, -0.15) is 0 Å².